The van der Waals surface area contributed by atoms with Crippen molar-refractivity contribution in [2.45, 2.75) is 32.0 Å². The Hall–Kier alpha value is -0.200. The lowest BCUT2D eigenvalue weighted by Crippen LogP contribution is -2.14. The normalized spacial score (nSPS) is 34.1. The highest BCUT2D eigenvalue weighted by Gasteiger charge is 2.50. The fourth-order valence-corrected chi connectivity index (χ4v) is 0.945. The Morgan fingerprint density at radius 1 is 1.55 bits per heavy atom. The van der Waals surface area contributed by atoms with Gasteiger partial charge in [0.15, 0.2) is 0 Å². The van der Waals surface area contributed by atoms with Gasteiger partial charge in [0.1, 0.15) is 5.60 Å². The molecule has 0 bridgehead atoms. The van der Waals surface area contributed by atoms with Crippen LogP contribution in [0.5, 0.6) is 0 Å². The lowest BCUT2D eigenvalue weighted by molar-refractivity contribution is -0.465. The van der Waals surface area contributed by atoms with Gasteiger partial charge in [-0.1, -0.05) is 12.0 Å². The van der Waals surface area contributed by atoms with Crippen molar-refractivity contribution in [2.75, 3.05) is 6.61 Å². The topological polar surface area (TPSA) is 82.5 Å². The Balaban J connectivity index is 0.000000292. The third-order valence-electron chi connectivity index (χ3n) is 1.72. The molecule has 5 heteroatoms. The standard InChI is InChI=1S/C6H12O2.H2O3/c1-3-5-6(2,4-7)8-5;1-3-2/h5,7H,3-4H2,1-2H3;1-2H/t5-,6-;/m1./s1. The van der Waals surface area contributed by atoms with Gasteiger partial charge in [-0.25, -0.2) is 10.5 Å². The van der Waals surface area contributed by atoms with E-state index in [0.717, 1.165) is 6.42 Å². The molecule has 1 heterocycles. The Labute approximate surface area is 65.0 Å². The van der Waals surface area contributed by atoms with Gasteiger partial charge in [0.25, 0.3) is 0 Å². The lowest BCUT2D eigenvalue weighted by Gasteiger charge is -1.95. The van der Waals surface area contributed by atoms with Gasteiger partial charge < -0.3 is 9.84 Å². The van der Waals surface area contributed by atoms with Crippen LogP contribution in [0.3, 0.4) is 0 Å². The second-order valence-corrected chi connectivity index (χ2v) is 2.57. The second-order valence-electron chi connectivity index (χ2n) is 2.57. The van der Waals surface area contributed by atoms with Crippen LogP contribution >= 0.6 is 0 Å². The van der Waals surface area contributed by atoms with Gasteiger partial charge in [-0.3, -0.25) is 0 Å². The minimum atomic E-state index is -0.186. The van der Waals surface area contributed by atoms with E-state index in [9.17, 15) is 0 Å². The maximum Gasteiger partial charge on any atom is 0.115 e. The largest absolute Gasteiger partial charge is 0.393 e. The van der Waals surface area contributed by atoms with Crippen LogP contribution in [0.1, 0.15) is 20.3 Å². The molecule has 11 heavy (non-hydrogen) atoms. The maximum absolute atomic E-state index is 8.64. The summed E-state index contributed by atoms with van der Waals surface area (Å²) in [4.78, 5) is 0. The van der Waals surface area contributed by atoms with Crippen molar-refractivity contribution in [3.63, 3.8) is 0 Å². The van der Waals surface area contributed by atoms with E-state index < -0.39 is 0 Å². The molecular formula is C6H14O5. The van der Waals surface area contributed by atoms with Gasteiger partial charge in [-0.2, -0.15) is 0 Å². The van der Waals surface area contributed by atoms with E-state index >= 15 is 0 Å². The predicted molar refractivity (Wildman–Crippen MR) is 37.0 cm³/mol. The minimum absolute atomic E-state index is 0.158. The first kappa shape index (κ1) is 10.8. The van der Waals surface area contributed by atoms with Crippen LogP contribution in [0.2, 0.25) is 0 Å². The van der Waals surface area contributed by atoms with Gasteiger partial charge >= 0.3 is 0 Å². The van der Waals surface area contributed by atoms with Crippen LogP contribution in [0.15, 0.2) is 0 Å². The van der Waals surface area contributed by atoms with Crippen molar-refractivity contribution >= 4 is 0 Å². The molecule has 68 valence electrons. The van der Waals surface area contributed by atoms with Gasteiger partial charge in [0.2, 0.25) is 0 Å². The van der Waals surface area contributed by atoms with Gasteiger partial charge in [-0.15, -0.1) is 0 Å². The van der Waals surface area contributed by atoms with E-state index in [2.05, 4.69) is 12.0 Å². The van der Waals surface area contributed by atoms with Crippen LogP contribution < -0.4 is 0 Å². The van der Waals surface area contributed by atoms with Crippen molar-refractivity contribution in [1.82, 2.24) is 0 Å². The SMILES string of the molecule is CC[C@H]1O[C@]1(C)CO.OOO. The molecule has 0 saturated carbocycles. The summed E-state index contributed by atoms with van der Waals surface area (Å²) < 4.78 is 5.15. The molecule has 1 rings (SSSR count). The number of ether oxygens (including phenoxy) is 1. The predicted octanol–water partition coefficient (Wildman–Crippen LogP) is 0.495. The zero-order valence-corrected chi connectivity index (χ0v) is 6.65. The number of hydrogen-bond donors (Lipinski definition) is 3. The monoisotopic (exact) mass is 166 g/mol. The second kappa shape index (κ2) is 4.63. The third kappa shape index (κ3) is 3.13. The van der Waals surface area contributed by atoms with Gasteiger partial charge in [0, 0.05) is 0 Å². The minimum Gasteiger partial charge on any atom is -0.393 e. The van der Waals surface area contributed by atoms with Crippen molar-refractivity contribution in [2.24, 2.45) is 0 Å². The zero-order valence-electron chi connectivity index (χ0n) is 6.65. The molecule has 1 aliphatic rings. The molecule has 0 amide bonds. The number of rotatable bonds is 2. The quantitative estimate of drug-likeness (QED) is 0.316. The van der Waals surface area contributed by atoms with E-state index in [1.165, 1.54) is 0 Å². The summed E-state index contributed by atoms with van der Waals surface area (Å²) in [6.07, 6.45) is 1.32. The summed E-state index contributed by atoms with van der Waals surface area (Å²) in [5.41, 5.74) is -0.186. The molecule has 5 nitrogen and oxygen atoms in total. The molecule has 1 aliphatic heterocycles. The van der Waals surface area contributed by atoms with Crippen molar-refractivity contribution in [3.05, 3.63) is 0 Å². The van der Waals surface area contributed by atoms with Crippen molar-refractivity contribution < 1.29 is 25.4 Å². The average Bonchev–Trinajstić information content (AvgIpc) is 2.65. The highest BCUT2D eigenvalue weighted by Crippen LogP contribution is 2.37. The van der Waals surface area contributed by atoms with Crippen molar-refractivity contribution in [1.29, 1.82) is 0 Å². The zero-order chi connectivity index (χ0) is 8.91. The van der Waals surface area contributed by atoms with E-state index in [4.69, 9.17) is 20.4 Å². The summed E-state index contributed by atoms with van der Waals surface area (Å²) in [6, 6.07) is 0. The molecule has 1 fully saturated rings. The fourth-order valence-electron chi connectivity index (χ4n) is 0.945. The Morgan fingerprint density at radius 3 is 2.09 bits per heavy atom. The molecule has 0 radical (unpaired) electrons. The number of aliphatic hydroxyl groups is 1. The molecule has 3 N–H and O–H groups in total. The first-order valence-corrected chi connectivity index (χ1v) is 3.38. The molecule has 0 aromatic rings. The van der Waals surface area contributed by atoms with E-state index in [-0.39, 0.29) is 12.2 Å². The van der Waals surface area contributed by atoms with Crippen LogP contribution in [-0.2, 0) is 9.78 Å². The highest BCUT2D eigenvalue weighted by atomic mass is 17.4. The molecule has 0 unspecified atom stereocenters. The summed E-state index contributed by atoms with van der Waals surface area (Å²) >= 11 is 0. The Bertz CT molecular complexity index is 107. The number of epoxide rings is 1. The smallest absolute Gasteiger partial charge is 0.115 e. The first-order valence-electron chi connectivity index (χ1n) is 3.38. The van der Waals surface area contributed by atoms with Gasteiger partial charge in [0.05, 0.1) is 12.7 Å². The number of aliphatic hydroxyl groups excluding tert-OH is 1. The van der Waals surface area contributed by atoms with Crippen LogP contribution in [0.4, 0.5) is 0 Å². The summed E-state index contributed by atoms with van der Waals surface area (Å²) in [7, 11) is 0. The molecule has 0 aromatic carbocycles. The third-order valence-corrected chi connectivity index (χ3v) is 1.72. The molecule has 1 saturated heterocycles. The maximum atomic E-state index is 8.64. The summed E-state index contributed by atoms with van der Waals surface area (Å²) in [6.45, 7) is 4.15. The van der Waals surface area contributed by atoms with Crippen LogP contribution in [0.25, 0.3) is 0 Å². The van der Waals surface area contributed by atoms with E-state index in [1.54, 1.807) is 0 Å². The number of hydrogen-bond acceptors (Lipinski definition) is 5. The molecule has 2 atom stereocenters. The molecule has 0 aromatic heterocycles. The van der Waals surface area contributed by atoms with Crippen molar-refractivity contribution in [3.8, 4) is 0 Å². The highest BCUT2D eigenvalue weighted by molar-refractivity contribution is 4.97. The lowest BCUT2D eigenvalue weighted by atomic mass is 10.1. The van der Waals surface area contributed by atoms with E-state index in [0.29, 0.717) is 6.10 Å². The van der Waals surface area contributed by atoms with Crippen LogP contribution in [-0.4, -0.2) is 33.9 Å². The van der Waals surface area contributed by atoms with Gasteiger partial charge in [-0.05, 0) is 13.3 Å². The Morgan fingerprint density at radius 2 is 2.00 bits per heavy atom. The first-order chi connectivity index (χ1) is 5.14. The fraction of sp³-hybridized carbons (Fsp3) is 1.00. The molecule has 0 aliphatic carbocycles. The summed E-state index contributed by atoms with van der Waals surface area (Å²) in [5.74, 6) is 0. The molecular weight excluding hydrogens is 152 g/mol. The Kier molecular flexibility index (Phi) is 4.55. The summed E-state index contributed by atoms with van der Waals surface area (Å²) in [5, 5.41) is 24.1. The van der Waals surface area contributed by atoms with E-state index in [1.807, 2.05) is 6.92 Å². The van der Waals surface area contributed by atoms with Crippen LogP contribution in [0, 0.1) is 0 Å². The average molecular weight is 166 g/mol. The molecule has 0 spiro atoms.